The molecule has 1 N–H and O–H groups in total. The van der Waals surface area contributed by atoms with Crippen molar-refractivity contribution in [3.8, 4) is 22.9 Å². The van der Waals surface area contributed by atoms with Crippen molar-refractivity contribution in [2.75, 3.05) is 12.0 Å². The van der Waals surface area contributed by atoms with E-state index in [0.29, 0.717) is 5.11 Å². The van der Waals surface area contributed by atoms with Crippen molar-refractivity contribution >= 4 is 23.0 Å². The zero-order valence-corrected chi connectivity index (χ0v) is 22.5. The molecular weight excluding hydrogens is 504 g/mol. The number of methoxy groups -OCH3 is 1. The van der Waals surface area contributed by atoms with Gasteiger partial charge in [-0.15, -0.1) is 0 Å². The number of anilines is 1. The summed E-state index contributed by atoms with van der Waals surface area (Å²) in [6.07, 6.45) is 3.89. The summed E-state index contributed by atoms with van der Waals surface area (Å²) in [7, 11) is 1.67. The zero-order chi connectivity index (χ0) is 26.8. The van der Waals surface area contributed by atoms with E-state index in [2.05, 4.69) is 62.4 Å². The van der Waals surface area contributed by atoms with Crippen LogP contribution in [0.4, 0.5) is 5.69 Å². The van der Waals surface area contributed by atoms with E-state index in [1.165, 1.54) is 0 Å². The van der Waals surface area contributed by atoms with Gasteiger partial charge in [-0.3, -0.25) is 4.98 Å². The minimum absolute atomic E-state index is 0.145. The highest BCUT2D eigenvalue weighted by Crippen LogP contribution is 2.42. The number of aryl methyl sites for hydroxylation is 1. The van der Waals surface area contributed by atoms with E-state index in [4.69, 9.17) is 21.7 Å². The van der Waals surface area contributed by atoms with Crippen molar-refractivity contribution in [3.63, 3.8) is 0 Å². The Kier molecular flexibility index (Phi) is 6.73. The van der Waals surface area contributed by atoms with Gasteiger partial charge in [-0.25, -0.2) is 0 Å². The molecule has 6 nitrogen and oxygen atoms in total. The number of rotatable bonds is 7. The van der Waals surface area contributed by atoms with E-state index in [1.54, 1.807) is 7.11 Å². The van der Waals surface area contributed by atoms with Gasteiger partial charge in [-0.05, 0) is 104 Å². The summed E-state index contributed by atoms with van der Waals surface area (Å²) in [5.74, 6) is 2.43. The number of nitrogens with one attached hydrogen (secondary N) is 1. The van der Waals surface area contributed by atoms with Gasteiger partial charge in [-0.2, -0.15) is 0 Å². The highest BCUT2D eigenvalue weighted by Gasteiger charge is 2.42. The summed E-state index contributed by atoms with van der Waals surface area (Å²) in [6.45, 7) is 2.04. The molecule has 2 unspecified atom stereocenters. The Balaban J connectivity index is 1.39. The standard InChI is InChI=1S/C32H28N4O2S/c1-22-8-3-4-11-29(22)38-26-18-14-24(15-19-26)36-31(30(34-32(36)39)27-9-5-6-20-33-27)28-10-7-21-35(28)23-12-16-25(37-2)17-13-23/h3-21,30-31H,1-2H3,(H,34,39). The number of hydrogen-bond acceptors (Lipinski definition) is 4. The van der Waals surface area contributed by atoms with Crippen LogP contribution >= 0.6 is 12.2 Å². The normalized spacial score (nSPS) is 16.7. The molecule has 2 atom stereocenters. The fourth-order valence-electron chi connectivity index (χ4n) is 5.02. The van der Waals surface area contributed by atoms with Crippen LogP contribution in [0.1, 0.15) is 29.0 Å². The second-order valence-corrected chi connectivity index (χ2v) is 9.75. The van der Waals surface area contributed by atoms with Gasteiger partial charge in [0.25, 0.3) is 0 Å². The third-order valence-electron chi connectivity index (χ3n) is 6.97. The lowest BCUT2D eigenvalue weighted by atomic mass is 10.0. The van der Waals surface area contributed by atoms with Gasteiger partial charge in [0.1, 0.15) is 23.3 Å². The molecule has 1 aliphatic heterocycles. The van der Waals surface area contributed by atoms with Gasteiger partial charge in [0.2, 0.25) is 0 Å². The molecule has 194 valence electrons. The molecule has 0 saturated carbocycles. The number of hydrogen-bond donors (Lipinski definition) is 1. The molecule has 1 aliphatic rings. The van der Waals surface area contributed by atoms with Crippen molar-refractivity contribution in [3.05, 3.63) is 132 Å². The van der Waals surface area contributed by atoms with E-state index < -0.39 is 0 Å². The summed E-state index contributed by atoms with van der Waals surface area (Å²) < 4.78 is 13.7. The molecule has 0 radical (unpaired) electrons. The van der Waals surface area contributed by atoms with Crippen LogP contribution in [0.3, 0.4) is 0 Å². The molecule has 2 aromatic heterocycles. The maximum absolute atomic E-state index is 6.15. The van der Waals surface area contributed by atoms with Gasteiger partial charge >= 0.3 is 0 Å². The van der Waals surface area contributed by atoms with E-state index in [1.807, 2.05) is 79.9 Å². The van der Waals surface area contributed by atoms with Crippen LogP contribution in [0.5, 0.6) is 17.2 Å². The Labute approximate surface area is 233 Å². The molecule has 3 aromatic carbocycles. The van der Waals surface area contributed by atoms with Crippen LogP contribution in [-0.2, 0) is 0 Å². The van der Waals surface area contributed by atoms with Gasteiger partial charge in [-0.1, -0.05) is 24.3 Å². The predicted molar refractivity (Wildman–Crippen MR) is 158 cm³/mol. The summed E-state index contributed by atoms with van der Waals surface area (Å²) in [5, 5.41) is 4.19. The zero-order valence-electron chi connectivity index (χ0n) is 21.7. The first-order valence-corrected chi connectivity index (χ1v) is 13.2. The lowest BCUT2D eigenvalue weighted by Gasteiger charge is -2.29. The lowest BCUT2D eigenvalue weighted by Crippen LogP contribution is -2.30. The van der Waals surface area contributed by atoms with Gasteiger partial charge in [0, 0.05) is 29.5 Å². The average molecular weight is 533 g/mol. The first-order valence-electron chi connectivity index (χ1n) is 12.8. The molecule has 0 bridgehead atoms. The van der Waals surface area contributed by atoms with Crippen LogP contribution in [0.15, 0.2) is 116 Å². The molecule has 7 heteroatoms. The Bertz CT molecular complexity index is 1580. The van der Waals surface area contributed by atoms with Gasteiger partial charge in [0.15, 0.2) is 5.11 Å². The van der Waals surface area contributed by atoms with E-state index in [0.717, 1.165) is 45.6 Å². The minimum atomic E-state index is -0.146. The molecule has 6 rings (SSSR count). The highest BCUT2D eigenvalue weighted by atomic mass is 32.1. The van der Waals surface area contributed by atoms with E-state index in [-0.39, 0.29) is 12.1 Å². The van der Waals surface area contributed by atoms with Gasteiger partial charge in [0.05, 0.1) is 18.8 Å². The number of nitrogens with zero attached hydrogens (tertiary/aromatic N) is 3. The van der Waals surface area contributed by atoms with E-state index in [9.17, 15) is 0 Å². The van der Waals surface area contributed by atoms with Crippen molar-refractivity contribution in [1.82, 2.24) is 14.9 Å². The van der Waals surface area contributed by atoms with Crippen molar-refractivity contribution in [2.45, 2.75) is 19.0 Å². The van der Waals surface area contributed by atoms with E-state index >= 15 is 0 Å². The predicted octanol–water partition coefficient (Wildman–Crippen LogP) is 7.16. The van der Waals surface area contributed by atoms with Crippen molar-refractivity contribution in [1.29, 1.82) is 0 Å². The molecule has 0 spiro atoms. The summed E-state index contributed by atoms with van der Waals surface area (Å²) in [6, 6.07) is 34.0. The maximum Gasteiger partial charge on any atom is 0.174 e. The van der Waals surface area contributed by atoms with Crippen molar-refractivity contribution < 1.29 is 9.47 Å². The Morgan fingerprint density at radius 3 is 2.23 bits per heavy atom. The SMILES string of the molecule is COc1ccc(-n2cccc2C2C(c3ccccn3)NC(=S)N2c2ccc(Oc3ccccc3C)cc2)cc1. The molecular formula is C32H28N4O2S. The molecule has 1 fully saturated rings. The molecule has 3 heterocycles. The third-order valence-corrected chi connectivity index (χ3v) is 7.28. The maximum atomic E-state index is 6.15. The quantitative estimate of drug-likeness (QED) is 0.225. The Hall–Kier alpha value is -4.62. The van der Waals surface area contributed by atoms with Gasteiger partial charge < -0.3 is 24.3 Å². The Morgan fingerprint density at radius 1 is 0.795 bits per heavy atom. The monoisotopic (exact) mass is 532 g/mol. The average Bonchev–Trinajstić information content (AvgIpc) is 3.59. The fraction of sp³-hybridized carbons (Fsp3) is 0.125. The molecule has 0 aliphatic carbocycles. The smallest absolute Gasteiger partial charge is 0.174 e. The summed E-state index contributed by atoms with van der Waals surface area (Å²) in [4.78, 5) is 6.85. The lowest BCUT2D eigenvalue weighted by molar-refractivity contribution is 0.414. The Morgan fingerprint density at radius 2 is 1.51 bits per heavy atom. The number of pyridine rings is 1. The van der Waals surface area contributed by atoms with Crippen molar-refractivity contribution in [2.24, 2.45) is 0 Å². The van der Waals surface area contributed by atoms with Crippen LogP contribution in [0.25, 0.3) is 5.69 Å². The number of ether oxygens (including phenoxy) is 2. The first kappa shape index (κ1) is 24.7. The third kappa shape index (κ3) is 4.84. The molecule has 1 saturated heterocycles. The number of para-hydroxylation sites is 1. The molecule has 0 amide bonds. The van der Waals surface area contributed by atoms with Crippen LogP contribution in [0.2, 0.25) is 0 Å². The largest absolute Gasteiger partial charge is 0.497 e. The molecule has 5 aromatic rings. The first-order chi connectivity index (χ1) is 19.1. The second kappa shape index (κ2) is 10.6. The van der Waals surface area contributed by atoms with Crippen LogP contribution < -0.4 is 19.7 Å². The summed E-state index contributed by atoms with van der Waals surface area (Å²) in [5.41, 5.74) is 5.10. The molecule has 39 heavy (non-hydrogen) atoms. The topological polar surface area (TPSA) is 51.5 Å². The number of thiocarbonyl (C=S) groups is 1. The summed E-state index contributed by atoms with van der Waals surface area (Å²) >= 11 is 5.93. The number of benzene rings is 3. The van der Waals surface area contributed by atoms with Crippen LogP contribution in [-0.4, -0.2) is 21.8 Å². The highest BCUT2D eigenvalue weighted by molar-refractivity contribution is 7.80. The minimum Gasteiger partial charge on any atom is -0.497 e. The van der Waals surface area contributed by atoms with Crippen LogP contribution in [0, 0.1) is 6.92 Å². The fourth-order valence-corrected chi connectivity index (χ4v) is 5.37. The number of aromatic nitrogens is 2. The second-order valence-electron chi connectivity index (χ2n) is 9.36.